The van der Waals surface area contributed by atoms with Crippen molar-refractivity contribution in [3.05, 3.63) is 48.3 Å². The van der Waals surface area contributed by atoms with Crippen molar-refractivity contribution in [2.24, 2.45) is 0 Å². The van der Waals surface area contributed by atoms with Gasteiger partial charge in [0.05, 0.1) is 6.04 Å². The predicted molar refractivity (Wildman–Crippen MR) is 95.8 cm³/mol. The van der Waals surface area contributed by atoms with E-state index in [1.165, 1.54) is 12.1 Å². The molecule has 0 radical (unpaired) electrons. The number of anilines is 1. The van der Waals surface area contributed by atoms with Crippen LogP contribution >= 0.6 is 0 Å². The molecule has 27 heavy (non-hydrogen) atoms. The molecular weight excluding hydrogens is 356 g/mol. The first kappa shape index (κ1) is 18.8. The number of hydrogen-bond acceptors (Lipinski definition) is 5. The van der Waals surface area contributed by atoms with Gasteiger partial charge in [-0.1, -0.05) is 12.1 Å². The second-order valence-electron chi connectivity index (χ2n) is 6.14. The van der Waals surface area contributed by atoms with Gasteiger partial charge in [0.1, 0.15) is 5.75 Å². The van der Waals surface area contributed by atoms with Gasteiger partial charge in [-0.25, -0.2) is 14.8 Å². The Morgan fingerprint density at radius 3 is 2.33 bits per heavy atom. The van der Waals surface area contributed by atoms with Crippen LogP contribution in [0.25, 0.3) is 0 Å². The van der Waals surface area contributed by atoms with Crippen molar-refractivity contribution in [2.45, 2.75) is 19.6 Å². The average Bonchev–Trinajstić information content (AvgIpc) is 2.69. The summed E-state index contributed by atoms with van der Waals surface area (Å²) < 4.78 is 28.7. The van der Waals surface area contributed by atoms with Crippen LogP contribution in [-0.2, 0) is 0 Å². The van der Waals surface area contributed by atoms with Crippen LogP contribution in [0.5, 0.6) is 5.75 Å². The van der Waals surface area contributed by atoms with E-state index >= 15 is 0 Å². The van der Waals surface area contributed by atoms with E-state index in [-0.39, 0.29) is 17.8 Å². The van der Waals surface area contributed by atoms with Gasteiger partial charge >= 0.3 is 12.6 Å². The summed E-state index contributed by atoms with van der Waals surface area (Å²) in [5.41, 5.74) is 0.807. The summed E-state index contributed by atoms with van der Waals surface area (Å²) in [5, 5.41) is 2.93. The Morgan fingerprint density at radius 1 is 1.11 bits per heavy atom. The Bertz CT molecular complexity index is 737. The van der Waals surface area contributed by atoms with E-state index in [9.17, 15) is 13.6 Å². The molecule has 1 atom stereocenters. The van der Waals surface area contributed by atoms with Crippen molar-refractivity contribution in [3.63, 3.8) is 0 Å². The summed E-state index contributed by atoms with van der Waals surface area (Å²) in [6.07, 6.45) is 3.39. The van der Waals surface area contributed by atoms with Gasteiger partial charge in [0.2, 0.25) is 5.95 Å². The van der Waals surface area contributed by atoms with E-state index in [4.69, 9.17) is 0 Å². The van der Waals surface area contributed by atoms with Crippen molar-refractivity contribution in [1.29, 1.82) is 0 Å². The Kier molecular flexibility index (Phi) is 6.00. The average molecular weight is 377 g/mol. The van der Waals surface area contributed by atoms with Crippen LogP contribution in [0, 0.1) is 0 Å². The lowest BCUT2D eigenvalue weighted by Crippen LogP contribution is -2.52. The molecule has 1 aromatic heterocycles. The molecule has 1 aliphatic rings. The van der Waals surface area contributed by atoms with Crippen LogP contribution in [-0.4, -0.2) is 53.7 Å². The third kappa shape index (κ3) is 5.02. The smallest absolute Gasteiger partial charge is 0.387 e. The lowest BCUT2D eigenvalue weighted by Gasteiger charge is -2.35. The normalized spacial score (nSPS) is 15.6. The minimum absolute atomic E-state index is 0.0894. The fourth-order valence-electron chi connectivity index (χ4n) is 2.86. The molecule has 1 aliphatic heterocycles. The number of carbonyl (C=O) groups excluding carboxylic acids is 1. The van der Waals surface area contributed by atoms with Crippen molar-refractivity contribution < 1.29 is 18.3 Å². The molecule has 9 heteroatoms. The highest BCUT2D eigenvalue weighted by Crippen LogP contribution is 2.19. The number of benzene rings is 1. The van der Waals surface area contributed by atoms with Crippen molar-refractivity contribution in [3.8, 4) is 5.75 Å². The number of piperazine rings is 1. The second kappa shape index (κ2) is 8.61. The van der Waals surface area contributed by atoms with E-state index in [1.807, 2.05) is 11.8 Å². The SMILES string of the molecule is CC(NC(=O)N1CCN(c2ncccn2)CC1)c1ccc(OC(F)F)cc1. The minimum Gasteiger partial charge on any atom is -0.435 e. The van der Waals surface area contributed by atoms with Crippen LogP contribution in [0.1, 0.15) is 18.5 Å². The van der Waals surface area contributed by atoms with Gasteiger partial charge in [0, 0.05) is 38.6 Å². The summed E-state index contributed by atoms with van der Waals surface area (Å²) in [7, 11) is 0. The van der Waals surface area contributed by atoms with E-state index in [0.717, 1.165) is 5.56 Å². The zero-order valence-electron chi connectivity index (χ0n) is 14.9. The standard InChI is InChI=1S/C18H21F2N5O2/c1-13(14-3-5-15(6-4-14)27-16(19)20)23-18(26)25-11-9-24(10-12-25)17-21-7-2-8-22-17/h2-8,13,16H,9-12H2,1H3,(H,23,26). The molecule has 0 bridgehead atoms. The second-order valence-corrected chi connectivity index (χ2v) is 6.14. The first-order valence-corrected chi connectivity index (χ1v) is 8.65. The van der Waals surface area contributed by atoms with Gasteiger partial charge in [-0.05, 0) is 30.7 Å². The molecule has 144 valence electrons. The molecule has 1 saturated heterocycles. The highest BCUT2D eigenvalue weighted by Gasteiger charge is 2.23. The lowest BCUT2D eigenvalue weighted by molar-refractivity contribution is -0.0498. The highest BCUT2D eigenvalue weighted by atomic mass is 19.3. The van der Waals surface area contributed by atoms with Crippen molar-refractivity contribution in [1.82, 2.24) is 20.2 Å². The number of amides is 2. The van der Waals surface area contributed by atoms with Crippen LogP contribution < -0.4 is 15.0 Å². The maximum Gasteiger partial charge on any atom is 0.387 e. The zero-order valence-corrected chi connectivity index (χ0v) is 14.9. The van der Waals surface area contributed by atoms with E-state index in [1.54, 1.807) is 35.5 Å². The predicted octanol–water partition coefficient (Wildman–Crippen LogP) is 2.67. The van der Waals surface area contributed by atoms with Gasteiger partial charge in [0.15, 0.2) is 0 Å². The number of halogens is 2. The molecule has 7 nitrogen and oxygen atoms in total. The summed E-state index contributed by atoms with van der Waals surface area (Å²) >= 11 is 0. The van der Waals surface area contributed by atoms with Gasteiger partial charge in [-0.3, -0.25) is 0 Å². The first-order chi connectivity index (χ1) is 13.0. The Labute approximate surface area is 156 Å². The molecule has 0 spiro atoms. The molecule has 1 N–H and O–H groups in total. The summed E-state index contributed by atoms with van der Waals surface area (Å²) in [6.45, 7) is 1.44. The number of aromatic nitrogens is 2. The van der Waals surface area contributed by atoms with E-state index in [2.05, 4.69) is 20.0 Å². The Hall–Kier alpha value is -2.97. The van der Waals surface area contributed by atoms with E-state index in [0.29, 0.717) is 32.1 Å². The van der Waals surface area contributed by atoms with Gasteiger partial charge in [-0.15, -0.1) is 0 Å². The van der Waals surface area contributed by atoms with Crippen molar-refractivity contribution in [2.75, 3.05) is 31.1 Å². The summed E-state index contributed by atoms with van der Waals surface area (Å²) in [5.74, 6) is 0.753. The fourth-order valence-corrected chi connectivity index (χ4v) is 2.86. The largest absolute Gasteiger partial charge is 0.435 e. The molecule has 3 rings (SSSR count). The maximum absolute atomic E-state index is 12.5. The highest BCUT2D eigenvalue weighted by molar-refractivity contribution is 5.75. The Morgan fingerprint density at radius 2 is 1.74 bits per heavy atom. The molecule has 2 heterocycles. The van der Waals surface area contributed by atoms with Crippen LogP contribution in [0.15, 0.2) is 42.7 Å². The van der Waals surface area contributed by atoms with Crippen LogP contribution in [0.2, 0.25) is 0 Å². The number of urea groups is 1. The van der Waals surface area contributed by atoms with E-state index < -0.39 is 6.61 Å². The topological polar surface area (TPSA) is 70.6 Å². The molecule has 2 amide bonds. The third-order valence-electron chi connectivity index (χ3n) is 4.35. The number of nitrogens with one attached hydrogen (secondary N) is 1. The third-order valence-corrected chi connectivity index (χ3v) is 4.35. The van der Waals surface area contributed by atoms with Gasteiger partial charge < -0.3 is 19.9 Å². The molecule has 1 unspecified atom stereocenters. The number of alkyl halides is 2. The zero-order chi connectivity index (χ0) is 19.2. The first-order valence-electron chi connectivity index (χ1n) is 8.65. The van der Waals surface area contributed by atoms with Gasteiger partial charge in [-0.2, -0.15) is 8.78 Å². The maximum atomic E-state index is 12.5. The van der Waals surface area contributed by atoms with Gasteiger partial charge in [0.25, 0.3) is 0 Å². The molecular formula is C18H21F2N5O2. The van der Waals surface area contributed by atoms with Crippen LogP contribution in [0.4, 0.5) is 19.5 Å². The lowest BCUT2D eigenvalue weighted by atomic mass is 10.1. The fraction of sp³-hybridized carbons (Fsp3) is 0.389. The number of nitrogens with zero attached hydrogens (tertiary/aromatic N) is 4. The number of hydrogen-bond donors (Lipinski definition) is 1. The molecule has 1 fully saturated rings. The molecule has 2 aromatic rings. The number of rotatable bonds is 5. The molecule has 0 aliphatic carbocycles. The molecule has 0 saturated carbocycles. The minimum atomic E-state index is -2.85. The van der Waals surface area contributed by atoms with Crippen molar-refractivity contribution >= 4 is 12.0 Å². The number of carbonyl (C=O) groups is 1. The van der Waals surface area contributed by atoms with Crippen LogP contribution in [0.3, 0.4) is 0 Å². The summed E-state index contributed by atoms with van der Waals surface area (Å²) in [4.78, 5) is 24.7. The molecule has 1 aromatic carbocycles. The summed E-state index contributed by atoms with van der Waals surface area (Å²) in [6, 6.07) is 7.59. The quantitative estimate of drug-likeness (QED) is 0.868. The monoisotopic (exact) mass is 377 g/mol. The Balaban J connectivity index is 1.50. The number of ether oxygens (including phenoxy) is 1.